The van der Waals surface area contributed by atoms with Crippen LogP contribution in [0.3, 0.4) is 0 Å². The SMILES string of the molecule is Fc1ccc(-c2csc(-c3nnc(-c4cccc(Cl)n4)o3)c2)cc1. The summed E-state index contributed by atoms with van der Waals surface area (Å²) in [4.78, 5) is 4.98. The molecule has 4 rings (SSSR count). The van der Waals surface area contributed by atoms with Crippen LogP contribution in [0.25, 0.3) is 33.5 Å². The molecular weight excluding hydrogens is 349 g/mol. The van der Waals surface area contributed by atoms with Gasteiger partial charge in [-0.2, -0.15) is 0 Å². The van der Waals surface area contributed by atoms with E-state index in [1.54, 1.807) is 30.3 Å². The number of aromatic nitrogens is 3. The molecule has 0 aliphatic carbocycles. The van der Waals surface area contributed by atoms with E-state index >= 15 is 0 Å². The van der Waals surface area contributed by atoms with Crippen molar-refractivity contribution in [1.82, 2.24) is 15.2 Å². The van der Waals surface area contributed by atoms with Gasteiger partial charge in [0, 0.05) is 0 Å². The van der Waals surface area contributed by atoms with Crippen LogP contribution in [0.4, 0.5) is 4.39 Å². The maximum Gasteiger partial charge on any atom is 0.266 e. The second-order valence-electron chi connectivity index (χ2n) is 4.96. The van der Waals surface area contributed by atoms with Crippen molar-refractivity contribution in [1.29, 1.82) is 0 Å². The van der Waals surface area contributed by atoms with Crippen LogP contribution in [0.1, 0.15) is 0 Å². The van der Waals surface area contributed by atoms with Gasteiger partial charge in [-0.05, 0) is 46.8 Å². The van der Waals surface area contributed by atoms with E-state index < -0.39 is 0 Å². The Bertz CT molecular complexity index is 997. The zero-order chi connectivity index (χ0) is 16.5. The molecule has 1 aromatic carbocycles. The normalized spacial score (nSPS) is 10.9. The Morgan fingerprint density at radius 1 is 0.958 bits per heavy atom. The van der Waals surface area contributed by atoms with Crippen molar-refractivity contribution >= 4 is 22.9 Å². The van der Waals surface area contributed by atoms with Crippen molar-refractivity contribution in [3.05, 3.63) is 64.9 Å². The van der Waals surface area contributed by atoms with Crippen molar-refractivity contribution in [2.75, 3.05) is 0 Å². The van der Waals surface area contributed by atoms with E-state index in [0.717, 1.165) is 16.0 Å². The lowest BCUT2D eigenvalue weighted by Crippen LogP contribution is -1.82. The Kier molecular flexibility index (Phi) is 3.84. The van der Waals surface area contributed by atoms with Crippen LogP contribution in [0.15, 0.2) is 58.3 Å². The predicted molar refractivity (Wildman–Crippen MR) is 91.2 cm³/mol. The first kappa shape index (κ1) is 15.0. The summed E-state index contributed by atoms with van der Waals surface area (Å²) < 4.78 is 18.7. The first-order chi connectivity index (χ1) is 11.7. The molecule has 7 heteroatoms. The number of rotatable bonds is 3. The Labute approximate surface area is 145 Å². The zero-order valence-corrected chi connectivity index (χ0v) is 13.7. The molecule has 0 spiro atoms. The molecule has 0 N–H and O–H groups in total. The summed E-state index contributed by atoms with van der Waals surface area (Å²) in [5.74, 6) is 0.458. The second kappa shape index (κ2) is 6.14. The molecule has 118 valence electrons. The van der Waals surface area contributed by atoms with Crippen molar-refractivity contribution in [3.8, 4) is 33.5 Å². The number of hydrogen-bond acceptors (Lipinski definition) is 5. The average Bonchev–Trinajstić information content (AvgIpc) is 3.25. The fourth-order valence-electron chi connectivity index (χ4n) is 2.20. The minimum absolute atomic E-state index is 0.259. The molecule has 0 aliphatic rings. The Balaban J connectivity index is 1.65. The fourth-order valence-corrected chi connectivity index (χ4v) is 3.20. The van der Waals surface area contributed by atoms with Gasteiger partial charge in [0.2, 0.25) is 0 Å². The lowest BCUT2D eigenvalue weighted by Gasteiger charge is -1.96. The highest BCUT2D eigenvalue weighted by atomic mass is 35.5. The highest BCUT2D eigenvalue weighted by Crippen LogP contribution is 2.33. The quantitative estimate of drug-likeness (QED) is 0.466. The van der Waals surface area contributed by atoms with Crippen LogP contribution in [0, 0.1) is 5.82 Å². The summed E-state index contributed by atoms with van der Waals surface area (Å²) in [6.45, 7) is 0. The van der Waals surface area contributed by atoms with E-state index in [0.29, 0.717) is 22.6 Å². The molecule has 0 unspecified atom stereocenters. The zero-order valence-electron chi connectivity index (χ0n) is 12.1. The van der Waals surface area contributed by atoms with E-state index in [-0.39, 0.29) is 5.82 Å². The third kappa shape index (κ3) is 2.93. The van der Waals surface area contributed by atoms with Crippen molar-refractivity contribution < 1.29 is 8.81 Å². The smallest absolute Gasteiger partial charge is 0.266 e. The molecule has 0 saturated heterocycles. The van der Waals surface area contributed by atoms with Crippen molar-refractivity contribution in [2.24, 2.45) is 0 Å². The average molecular weight is 358 g/mol. The molecule has 4 aromatic rings. The molecule has 3 aromatic heterocycles. The van der Waals surface area contributed by atoms with Crippen molar-refractivity contribution in [3.63, 3.8) is 0 Å². The van der Waals surface area contributed by atoms with Crippen LogP contribution in [0.2, 0.25) is 5.15 Å². The van der Waals surface area contributed by atoms with Gasteiger partial charge >= 0.3 is 0 Å². The molecule has 24 heavy (non-hydrogen) atoms. The van der Waals surface area contributed by atoms with Gasteiger partial charge in [-0.3, -0.25) is 0 Å². The van der Waals surface area contributed by atoms with Crippen LogP contribution in [-0.2, 0) is 0 Å². The highest BCUT2D eigenvalue weighted by Gasteiger charge is 2.14. The van der Waals surface area contributed by atoms with Gasteiger partial charge in [0.05, 0.1) is 4.88 Å². The Hall–Kier alpha value is -2.57. The fraction of sp³-hybridized carbons (Fsp3) is 0. The topological polar surface area (TPSA) is 51.8 Å². The van der Waals surface area contributed by atoms with Gasteiger partial charge in [-0.25, -0.2) is 9.37 Å². The van der Waals surface area contributed by atoms with Crippen LogP contribution >= 0.6 is 22.9 Å². The molecular formula is C17H9ClFN3OS. The van der Waals surface area contributed by atoms with Crippen molar-refractivity contribution in [2.45, 2.75) is 0 Å². The second-order valence-corrected chi connectivity index (χ2v) is 6.26. The lowest BCUT2D eigenvalue weighted by atomic mass is 10.1. The molecule has 0 amide bonds. The van der Waals surface area contributed by atoms with Gasteiger partial charge in [-0.15, -0.1) is 21.5 Å². The Morgan fingerprint density at radius 3 is 2.54 bits per heavy atom. The number of benzene rings is 1. The Morgan fingerprint density at radius 2 is 1.75 bits per heavy atom. The molecule has 4 nitrogen and oxygen atoms in total. The summed E-state index contributed by atoms with van der Waals surface area (Å²) in [5, 5.41) is 10.4. The standard InChI is InChI=1S/C17H9ClFN3OS/c18-15-3-1-2-13(20-15)16-21-22-17(23-16)14-8-11(9-24-14)10-4-6-12(19)7-5-10/h1-9H. The molecule has 3 heterocycles. The minimum Gasteiger partial charge on any atom is -0.414 e. The van der Waals surface area contributed by atoms with Crippen LogP contribution < -0.4 is 0 Å². The molecule has 0 atom stereocenters. The van der Waals surface area contributed by atoms with Gasteiger partial charge in [0.25, 0.3) is 11.8 Å². The summed E-state index contributed by atoms with van der Waals surface area (Å²) in [7, 11) is 0. The molecule has 0 aliphatic heterocycles. The monoisotopic (exact) mass is 357 g/mol. The predicted octanol–water partition coefficient (Wildman–Crippen LogP) is 5.32. The van der Waals surface area contributed by atoms with Gasteiger partial charge in [0.1, 0.15) is 16.7 Å². The number of thiophene rings is 1. The number of pyridine rings is 1. The third-order valence-corrected chi connectivity index (χ3v) is 4.48. The maximum absolute atomic E-state index is 13.0. The first-order valence-corrected chi connectivity index (χ1v) is 8.26. The van der Waals surface area contributed by atoms with E-state index in [2.05, 4.69) is 15.2 Å². The number of nitrogens with zero attached hydrogens (tertiary/aromatic N) is 3. The first-order valence-electron chi connectivity index (χ1n) is 7.00. The minimum atomic E-state index is -0.259. The molecule has 0 bridgehead atoms. The van der Waals surface area contributed by atoms with E-state index in [1.165, 1.54) is 23.5 Å². The van der Waals surface area contributed by atoms with Crippen LogP contribution in [-0.4, -0.2) is 15.2 Å². The lowest BCUT2D eigenvalue weighted by molar-refractivity contribution is 0.583. The van der Waals surface area contributed by atoms with E-state index in [4.69, 9.17) is 16.0 Å². The highest BCUT2D eigenvalue weighted by molar-refractivity contribution is 7.13. The summed E-state index contributed by atoms with van der Waals surface area (Å²) >= 11 is 7.35. The number of hydrogen-bond donors (Lipinski definition) is 0. The van der Waals surface area contributed by atoms with Gasteiger partial charge < -0.3 is 4.42 Å². The molecule has 0 fully saturated rings. The van der Waals surface area contributed by atoms with Crippen LogP contribution in [0.5, 0.6) is 0 Å². The molecule has 0 saturated carbocycles. The summed E-state index contributed by atoms with van der Waals surface area (Å²) in [6, 6.07) is 13.5. The largest absolute Gasteiger partial charge is 0.414 e. The third-order valence-electron chi connectivity index (χ3n) is 3.35. The summed E-state index contributed by atoms with van der Waals surface area (Å²) in [5.41, 5.74) is 2.42. The van der Waals surface area contributed by atoms with Gasteiger partial charge in [-0.1, -0.05) is 29.8 Å². The summed E-state index contributed by atoms with van der Waals surface area (Å²) in [6.07, 6.45) is 0. The van der Waals surface area contributed by atoms with E-state index in [1.807, 2.05) is 11.4 Å². The maximum atomic E-state index is 13.0. The molecule has 0 radical (unpaired) electrons. The number of halogens is 2. The van der Waals surface area contributed by atoms with Gasteiger partial charge in [0.15, 0.2) is 0 Å². The van der Waals surface area contributed by atoms with E-state index in [9.17, 15) is 4.39 Å².